The molecule has 1 unspecified atom stereocenters. The molecular weight excluding hydrogens is 195 g/mol. The minimum atomic E-state index is -4.37. The topological polar surface area (TPSA) is 46.2 Å². The second kappa shape index (κ2) is 3.98. The zero-order valence-corrected chi connectivity index (χ0v) is 7.25. The fourth-order valence-corrected chi connectivity index (χ4v) is 1.05. The SMILES string of the molecule is NC(CO)c1cccc(C(F)(F)F)c1. The second-order valence-corrected chi connectivity index (χ2v) is 2.91. The Bertz CT molecular complexity index is 311. The first-order valence-electron chi connectivity index (χ1n) is 3.98. The molecule has 2 nitrogen and oxygen atoms in total. The monoisotopic (exact) mass is 205 g/mol. The van der Waals surface area contributed by atoms with E-state index in [1.165, 1.54) is 12.1 Å². The smallest absolute Gasteiger partial charge is 0.394 e. The second-order valence-electron chi connectivity index (χ2n) is 2.91. The van der Waals surface area contributed by atoms with Crippen LogP contribution >= 0.6 is 0 Å². The van der Waals surface area contributed by atoms with E-state index >= 15 is 0 Å². The molecule has 78 valence electrons. The summed E-state index contributed by atoms with van der Waals surface area (Å²) in [5.41, 5.74) is 4.92. The summed E-state index contributed by atoms with van der Waals surface area (Å²) in [4.78, 5) is 0. The van der Waals surface area contributed by atoms with Crippen LogP contribution in [0.2, 0.25) is 0 Å². The molecule has 1 atom stereocenters. The molecule has 0 aliphatic heterocycles. The average Bonchev–Trinajstić information content (AvgIpc) is 2.15. The lowest BCUT2D eigenvalue weighted by molar-refractivity contribution is -0.137. The minimum absolute atomic E-state index is 0.280. The van der Waals surface area contributed by atoms with E-state index in [0.717, 1.165) is 12.1 Å². The Morgan fingerprint density at radius 2 is 2.00 bits per heavy atom. The fourth-order valence-electron chi connectivity index (χ4n) is 1.05. The molecule has 0 aliphatic rings. The lowest BCUT2D eigenvalue weighted by Gasteiger charge is -2.11. The summed E-state index contributed by atoms with van der Waals surface area (Å²) < 4.78 is 36.7. The van der Waals surface area contributed by atoms with Gasteiger partial charge in [0.25, 0.3) is 0 Å². The van der Waals surface area contributed by atoms with Crippen molar-refractivity contribution in [3.63, 3.8) is 0 Å². The molecule has 5 heteroatoms. The fraction of sp³-hybridized carbons (Fsp3) is 0.333. The third-order valence-corrected chi connectivity index (χ3v) is 1.84. The highest BCUT2D eigenvalue weighted by Crippen LogP contribution is 2.30. The zero-order valence-electron chi connectivity index (χ0n) is 7.25. The Kier molecular flexibility index (Phi) is 3.13. The summed E-state index contributed by atoms with van der Waals surface area (Å²) in [6.45, 7) is -0.374. The molecule has 0 aliphatic carbocycles. The molecule has 0 amide bonds. The Morgan fingerprint density at radius 1 is 1.36 bits per heavy atom. The van der Waals surface area contributed by atoms with Crippen LogP contribution in [0.25, 0.3) is 0 Å². The van der Waals surface area contributed by atoms with E-state index in [2.05, 4.69) is 0 Å². The van der Waals surface area contributed by atoms with E-state index in [-0.39, 0.29) is 12.2 Å². The van der Waals surface area contributed by atoms with E-state index in [9.17, 15) is 13.2 Å². The molecule has 0 bridgehead atoms. The highest BCUT2D eigenvalue weighted by Gasteiger charge is 2.30. The standard InChI is InChI=1S/C9H10F3NO/c10-9(11,12)7-3-1-2-6(4-7)8(13)5-14/h1-4,8,14H,5,13H2. The zero-order chi connectivity index (χ0) is 10.8. The number of rotatable bonds is 2. The minimum Gasteiger partial charge on any atom is -0.394 e. The van der Waals surface area contributed by atoms with Gasteiger partial charge in [-0.2, -0.15) is 13.2 Å². The third kappa shape index (κ3) is 2.46. The summed E-state index contributed by atoms with van der Waals surface area (Å²) in [7, 11) is 0. The van der Waals surface area contributed by atoms with E-state index in [4.69, 9.17) is 10.8 Å². The Labute approximate surface area is 79.2 Å². The first-order valence-corrected chi connectivity index (χ1v) is 3.98. The molecular formula is C9H10F3NO. The highest BCUT2D eigenvalue weighted by atomic mass is 19.4. The molecule has 0 saturated carbocycles. The predicted molar refractivity (Wildman–Crippen MR) is 45.5 cm³/mol. The maximum Gasteiger partial charge on any atom is 0.416 e. The van der Waals surface area contributed by atoms with Crippen LogP contribution in [-0.4, -0.2) is 11.7 Å². The molecule has 1 aromatic carbocycles. The van der Waals surface area contributed by atoms with Crippen molar-refractivity contribution in [2.75, 3.05) is 6.61 Å². The van der Waals surface area contributed by atoms with Gasteiger partial charge < -0.3 is 10.8 Å². The number of alkyl halides is 3. The highest BCUT2D eigenvalue weighted by molar-refractivity contribution is 5.27. The van der Waals surface area contributed by atoms with Gasteiger partial charge in [0.2, 0.25) is 0 Å². The largest absolute Gasteiger partial charge is 0.416 e. The predicted octanol–water partition coefficient (Wildman–Crippen LogP) is 1.70. The summed E-state index contributed by atoms with van der Waals surface area (Å²) >= 11 is 0. The summed E-state index contributed by atoms with van der Waals surface area (Å²) in [6, 6.07) is 3.87. The normalized spacial score (nSPS) is 14.1. The first kappa shape index (κ1) is 11.0. The van der Waals surface area contributed by atoms with Gasteiger partial charge in [0.15, 0.2) is 0 Å². The molecule has 1 aromatic rings. The van der Waals surface area contributed by atoms with Crippen LogP contribution in [0.3, 0.4) is 0 Å². The van der Waals surface area contributed by atoms with Crippen LogP contribution < -0.4 is 5.73 Å². The number of nitrogens with two attached hydrogens (primary N) is 1. The number of aliphatic hydroxyl groups excluding tert-OH is 1. The van der Waals surface area contributed by atoms with Crippen molar-refractivity contribution in [3.05, 3.63) is 35.4 Å². The Balaban J connectivity index is 3.01. The molecule has 0 fully saturated rings. The van der Waals surface area contributed by atoms with Crippen LogP contribution in [0, 0.1) is 0 Å². The Morgan fingerprint density at radius 3 is 2.50 bits per heavy atom. The van der Waals surface area contributed by atoms with E-state index in [1.807, 2.05) is 0 Å². The van der Waals surface area contributed by atoms with Crippen LogP contribution in [-0.2, 0) is 6.18 Å². The van der Waals surface area contributed by atoms with E-state index in [0.29, 0.717) is 0 Å². The van der Waals surface area contributed by atoms with Crippen molar-refractivity contribution in [3.8, 4) is 0 Å². The van der Waals surface area contributed by atoms with Crippen molar-refractivity contribution >= 4 is 0 Å². The lowest BCUT2D eigenvalue weighted by Crippen LogP contribution is -2.15. The van der Waals surface area contributed by atoms with Crippen LogP contribution in [0.15, 0.2) is 24.3 Å². The summed E-state index contributed by atoms with van der Waals surface area (Å²) in [5.74, 6) is 0. The van der Waals surface area contributed by atoms with Gasteiger partial charge in [-0.15, -0.1) is 0 Å². The van der Waals surface area contributed by atoms with Gasteiger partial charge in [-0.1, -0.05) is 12.1 Å². The van der Waals surface area contributed by atoms with Crippen molar-refractivity contribution in [2.45, 2.75) is 12.2 Å². The van der Waals surface area contributed by atoms with Crippen molar-refractivity contribution in [2.24, 2.45) is 5.73 Å². The molecule has 0 saturated heterocycles. The number of hydrogen-bond acceptors (Lipinski definition) is 2. The van der Waals surface area contributed by atoms with Crippen LogP contribution in [0.5, 0.6) is 0 Å². The van der Waals surface area contributed by atoms with Gasteiger partial charge in [-0.3, -0.25) is 0 Å². The van der Waals surface area contributed by atoms with Gasteiger partial charge in [-0.05, 0) is 17.7 Å². The molecule has 1 rings (SSSR count). The maximum absolute atomic E-state index is 12.2. The number of hydrogen-bond donors (Lipinski definition) is 2. The van der Waals surface area contributed by atoms with Crippen LogP contribution in [0.1, 0.15) is 17.2 Å². The molecule has 14 heavy (non-hydrogen) atoms. The summed E-state index contributed by atoms with van der Waals surface area (Å²) in [6.07, 6.45) is -4.37. The van der Waals surface area contributed by atoms with E-state index < -0.39 is 17.8 Å². The van der Waals surface area contributed by atoms with Gasteiger partial charge in [0.1, 0.15) is 0 Å². The summed E-state index contributed by atoms with van der Waals surface area (Å²) in [5, 5.41) is 8.68. The number of aliphatic hydroxyl groups is 1. The van der Waals surface area contributed by atoms with Crippen molar-refractivity contribution in [1.82, 2.24) is 0 Å². The van der Waals surface area contributed by atoms with Crippen molar-refractivity contribution < 1.29 is 18.3 Å². The van der Waals surface area contributed by atoms with Gasteiger partial charge in [-0.25, -0.2) is 0 Å². The maximum atomic E-state index is 12.2. The number of benzene rings is 1. The first-order chi connectivity index (χ1) is 6.45. The molecule has 3 N–H and O–H groups in total. The molecule has 0 heterocycles. The average molecular weight is 205 g/mol. The molecule has 0 aromatic heterocycles. The van der Waals surface area contributed by atoms with Gasteiger partial charge >= 0.3 is 6.18 Å². The van der Waals surface area contributed by atoms with Gasteiger partial charge in [0.05, 0.1) is 18.2 Å². The Hall–Kier alpha value is -1.07. The molecule has 0 radical (unpaired) electrons. The van der Waals surface area contributed by atoms with E-state index in [1.54, 1.807) is 0 Å². The van der Waals surface area contributed by atoms with Crippen LogP contribution in [0.4, 0.5) is 13.2 Å². The lowest BCUT2D eigenvalue weighted by atomic mass is 10.1. The van der Waals surface area contributed by atoms with Gasteiger partial charge in [0, 0.05) is 0 Å². The van der Waals surface area contributed by atoms with Crippen molar-refractivity contribution in [1.29, 1.82) is 0 Å². The number of halogens is 3. The molecule has 0 spiro atoms. The third-order valence-electron chi connectivity index (χ3n) is 1.84. The quantitative estimate of drug-likeness (QED) is 0.771.